The number of fused-ring (bicyclic) bond motifs is 12. The molecule has 0 heterocycles. The minimum absolute atomic E-state index is 0.0266. The first-order valence-electron chi connectivity index (χ1n) is 9.51. The summed E-state index contributed by atoms with van der Waals surface area (Å²) < 4.78 is 0. The number of rotatable bonds is 0. The summed E-state index contributed by atoms with van der Waals surface area (Å²) >= 11 is 0. The number of ketones is 2. The fourth-order valence-electron chi connectivity index (χ4n) is 5.91. The van der Waals surface area contributed by atoms with Gasteiger partial charge in [0.25, 0.3) is 0 Å². The molecule has 124 valence electrons. The molecule has 7 rings (SSSR count). The summed E-state index contributed by atoms with van der Waals surface area (Å²) in [6.45, 7) is 0. The van der Waals surface area contributed by atoms with Gasteiger partial charge in [0.1, 0.15) is 0 Å². The number of benzene rings is 2. The van der Waals surface area contributed by atoms with Crippen LogP contribution >= 0.6 is 0 Å². The molecule has 0 aliphatic heterocycles. The molecule has 0 fully saturated rings. The summed E-state index contributed by atoms with van der Waals surface area (Å²) in [5.41, 5.74) is 7.46. The SMILES string of the molecule is O=C1c2cc3c(cc2C(=O)c2cc4c(cc21)[C@H]1C=C[C@@H]4C1)[C@H]1C=C[C@@H]3C1. The van der Waals surface area contributed by atoms with Gasteiger partial charge in [-0.1, -0.05) is 24.3 Å². The maximum absolute atomic E-state index is 13.3. The maximum Gasteiger partial charge on any atom is 0.194 e. The Morgan fingerprint density at radius 2 is 0.769 bits per heavy atom. The standard InChI is InChI=1S/C24H16O2/c25-23-19-7-15-11-1-2-12(5-11)16(15)8-20(19)24(26)22-10-18-14-4-3-13(6-14)17(18)9-21(22)23/h1-4,7-14H,5-6H2/t11-,12+,13+,14-. The Kier molecular flexibility index (Phi) is 2.15. The van der Waals surface area contributed by atoms with E-state index in [2.05, 4.69) is 24.3 Å². The minimum Gasteiger partial charge on any atom is -0.289 e. The Balaban J connectivity index is 1.46. The highest BCUT2D eigenvalue weighted by Crippen LogP contribution is 2.52. The molecule has 5 aliphatic carbocycles. The van der Waals surface area contributed by atoms with E-state index in [0.717, 1.165) is 12.8 Å². The predicted octanol–water partition coefficient (Wildman–Crippen LogP) is 4.74. The highest BCUT2D eigenvalue weighted by Gasteiger charge is 2.40. The Bertz CT molecular complexity index is 974. The van der Waals surface area contributed by atoms with Crippen molar-refractivity contribution in [2.75, 3.05) is 0 Å². The molecule has 5 aliphatic rings. The molecule has 0 radical (unpaired) electrons. The Labute approximate surface area is 151 Å². The van der Waals surface area contributed by atoms with Crippen molar-refractivity contribution in [3.05, 3.63) is 93.1 Å². The zero-order valence-corrected chi connectivity index (χ0v) is 14.2. The predicted molar refractivity (Wildman–Crippen MR) is 98.2 cm³/mol. The van der Waals surface area contributed by atoms with E-state index in [9.17, 15) is 9.59 Å². The van der Waals surface area contributed by atoms with E-state index in [1.807, 2.05) is 24.3 Å². The lowest BCUT2D eigenvalue weighted by Crippen LogP contribution is -2.22. The van der Waals surface area contributed by atoms with Crippen molar-refractivity contribution in [3.63, 3.8) is 0 Å². The van der Waals surface area contributed by atoms with Crippen molar-refractivity contribution in [2.24, 2.45) is 0 Å². The van der Waals surface area contributed by atoms with Crippen molar-refractivity contribution < 1.29 is 9.59 Å². The monoisotopic (exact) mass is 336 g/mol. The van der Waals surface area contributed by atoms with Crippen molar-refractivity contribution in [2.45, 2.75) is 36.5 Å². The quantitative estimate of drug-likeness (QED) is 0.556. The molecule has 0 N–H and O–H groups in total. The molecule has 0 unspecified atom stereocenters. The second-order valence-electron chi connectivity index (χ2n) is 8.38. The van der Waals surface area contributed by atoms with Crippen LogP contribution in [-0.2, 0) is 0 Å². The topological polar surface area (TPSA) is 34.1 Å². The Morgan fingerprint density at radius 3 is 1.04 bits per heavy atom. The number of carbonyl (C=O) groups excluding carboxylic acids is 2. The van der Waals surface area contributed by atoms with Gasteiger partial charge in [-0.05, 0) is 59.4 Å². The van der Waals surface area contributed by atoms with Gasteiger partial charge in [0.15, 0.2) is 11.6 Å². The number of hydrogen-bond acceptors (Lipinski definition) is 2. The highest BCUT2D eigenvalue weighted by molar-refractivity contribution is 6.28. The molecular weight excluding hydrogens is 320 g/mol. The summed E-state index contributed by atoms with van der Waals surface area (Å²) in [5, 5.41) is 0. The van der Waals surface area contributed by atoms with E-state index < -0.39 is 0 Å². The molecule has 2 heteroatoms. The maximum atomic E-state index is 13.3. The summed E-state index contributed by atoms with van der Waals surface area (Å²) in [7, 11) is 0. The Hall–Kier alpha value is -2.74. The van der Waals surface area contributed by atoms with Gasteiger partial charge in [-0.3, -0.25) is 9.59 Å². The lowest BCUT2D eigenvalue weighted by atomic mass is 9.78. The molecule has 0 spiro atoms. The zero-order valence-electron chi connectivity index (χ0n) is 14.2. The first-order chi connectivity index (χ1) is 12.7. The third kappa shape index (κ3) is 1.39. The second kappa shape index (κ2) is 4.15. The molecule has 0 amide bonds. The van der Waals surface area contributed by atoms with Gasteiger partial charge in [-0.2, -0.15) is 0 Å². The third-order valence-corrected chi connectivity index (χ3v) is 7.19. The first-order valence-corrected chi connectivity index (χ1v) is 9.51. The molecule has 0 saturated carbocycles. The van der Waals surface area contributed by atoms with Gasteiger partial charge in [0, 0.05) is 45.9 Å². The highest BCUT2D eigenvalue weighted by atomic mass is 16.1. The van der Waals surface area contributed by atoms with E-state index in [1.165, 1.54) is 22.3 Å². The normalized spacial score (nSPS) is 30.6. The summed E-state index contributed by atoms with van der Waals surface area (Å²) in [6.07, 6.45) is 11.2. The zero-order chi connectivity index (χ0) is 17.2. The van der Waals surface area contributed by atoms with Crippen LogP contribution in [0.3, 0.4) is 0 Å². The lowest BCUT2D eigenvalue weighted by molar-refractivity contribution is 0.0979. The van der Waals surface area contributed by atoms with Crippen molar-refractivity contribution in [3.8, 4) is 0 Å². The van der Waals surface area contributed by atoms with Crippen LogP contribution < -0.4 is 0 Å². The molecule has 2 nitrogen and oxygen atoms in total. The molecule has 26 heavy (non-hydrogen) atoms. The average molecular weight is 336 g/mol. The van der Waals surface area contributed by atoms with Crippen LogP contribution in [-0.4, -0.2) is 11.6 Å². The third-order valence-electron chi connectivity index (χ3n) is 7.19. The fourth-order valence-corrected chi connectivity index (χ4v) is 5.91. The molecule has 2 aromatic carbocycles. The van der Waals surface area contributed by atoms with Gasteiger partial charge in [0.05, 0.1) is 0 Å². The molecule has 0 saturated heterocycles. The molecule has 2 aromatic rings. The van der Waals surface area contributed by atoms with Crippen molar-refractivity contribution >= 4 is 11.6 Å². The number of carbonyl (C=O) groups is 2. The van der Waals surface area contributed by atoms with E-state index in [0.29, 0.717) is 45.9 Å². The fraction of sp³-hybridized carbons (Fsp3) is 0.250. The lowest BCUT2D eigenvalue weighted by Gasteiger charge is -2.23. The van der Waals surface area contributed by atoms with Gasteiger partial charge in [-0.15, -0.1) is 0 Å². The average Bonchev–Trinajstić information content (AvgIpc) is 3.44. The van der Waals surface area contributed by atoms with E-state index in [1.54, 1.807) is 0 Å². The van der Waals surface area contributed by atoms with E-state index in [-0.39, 0.29) is 11.6 Å². The first kappa shape index (κ1) is 13.5. The van der Waals surface area contributed by atoms with Crippen LogP contribution in [0, 0.1) is 0 Å². The van der Waals surface area contributed by atoms with Crippen LogP contribution in [0.2, 0.25) is 0 Å². The van der Waals surface area contributed by atoms with Gasteiger partial charge >= 0.3 is 0 Å². The molecule has 4 bridgehead atoms. The largest absolute Gasteiger partial charge is 0.289 e. The summed E-state index contributed by atoms with van der Waals surface area (Å²) in [4.78, 5) is 26.6. The van der Waals surface area contributed by atoms with Crippen LogP contribution in [0.25, 0.3) is 0 Å². The van der Waals surface area contributed by atoms with Gasteiger partial charge in [0.2, 0.25) is 0 Å². The summed E-state index contributed by atoms with van der Waals surface area (Å²) in [6, 6.07) is 8.06. The second-order valence-corrected chi connectivity index (χ2v) is 8.38. The molecule has 4 atom stereocenters. The summed E-state index contributed by atoms with van der Waals surface area (Å²) in [5.74, 6) is 1.74. The van der Waals surface area contributed by atoms with E-state index in [4.69, 9.17) is 0 Å². The number of hydrogen-bond donors (Lipinski definition) is 0. The minimum atomic E-state index is 0.0266. The van der Waals surface area contributed by atoms with Crippen molar-refractivity contribution in [1.82, 2.24) is 0 Å². The van der Waals surface area contributed by atoms with Gasteiger partial charge < -0.3 is 0 Å². The smallest absolute Gasteiger partial charge is 0.194 e. The Morgan fingerprint density at radius 1 is 0.500 bits per heavy atom. The van der Waals surface area contributed by atoms with Crippen LogP contribution in [0.5, 0.6) is 0 Å². The van der Waals surface area contributed by atoms with E-state index >= 15 is 0 Å². The van der Waals surface area contributed by atoms with Crippen LogP contribution in [0.15, 0.2) is 48.6 Å². The van der Waals surface area contributed by atoms with Crippen LogP contribution in [0.4, 0.5) is 0 Å². The van der Waals surface area contributed by atoms with Gasteiger partial charge in [-0.25, -0.2) is 0 Å². The molecular formula is C24H16O2. The van der Waals surface area contributed by atoms with Crippen molar-refractivity contribution in [1.29, 1.82) is 0 Å². The van der Waals surface area contributed by atoms with Crippen LogP contribution in [0.1, 0.15) is 90.6 Å². The number of allylic oxidation sites excluding steroid dienone is 4. The molecule has 0 aromatic heterocycles.